The summed E-state index contributed by atoms with van der Waals surface area (Å²) in [6, 6.07) is 14.2. The fourth-order valence-electron chi connectivity index (χ4n) is 4.48. The number of nitrogens with one attached hydrogen (secondary N) is 3. The van der Waals surface area contributed by atoms with Crippen molar-refractivity contribution in [2.45, 2.75) is 17.2 Å². The summed E-state index contributed by atoms with van der Waals surface area (Å²) in [4.78, 5) is 22.0. The molecule has 5 rings (SSSR count). The smallest absolute Gasteiger partial charge is 0.319 e. The highest BCUT2D eigenvalue weighted by atomic mass is 32.2. The minimum absolute atomic E-state index is 0.0272. The molecule has 2 aromatic carbocycles. The molecule has 3 heterocycles. The summed E-state index contributed by atoms with van der Waals surface area (Å²) >= 11 is 0. The molecule has 41 heavy (non-hydrogen) atoms. The van der Waals surface area contributed by atoms with Gasteiger partial charge in [0, 0.05) is 68.6 Å². The summed E-state index contributed by atoms with van der Waals surface area (Å²) in [7, 11) is -4.18. The van der Waals surface area contributed by atoms with Crippen molar-refractivity contribution >= 4 is 27.4 Å². The molecule has 1 fully saturated rings. The Bertz CT molecular complexity index is 1630. The van der Waals surface area contributed by atoms with Crippen LogP contribution in [0.1, 0.15) is 11.1 Å². The number of carbonyl (C=O) groups excluding carboxylic acids is 1. The van der Waals surface area contributed by atoms with E-state index in [2.05, 4.69) is 25.9 Å². The quantitative estimate of drug-likeness (QED) is 0.269. The Balaban J connectivity index is 1.29. The summed E-state index contributed by atoms with van der Waals surface area (Å²) in [5.41, 5.74) is 2.04. The maximum Gasteiger partial charge on any atom is 0.319 e. The highest BCUT2D eigenvalue weighted by Crippen LogP contribution is 2.31. The van der Waals surface area contributed by atoms with E-state index in [4.69, 9.17) is 0 Å². The topological polar surface area (TPSA) is 116 Å². The van der Waals surface area contributed by atoms with Crippen LogP contribution in [0.25, 0.3) is 11.1 Å². The van der Waals surface area contributed by atoms with Gasteiger partial charge in [-0.25, -0.2) is 27.0 Å². The van der Waals surface area contributed by atoms with Crippen LogP contribution in [0.4, 0.5) is 25.1 Å². The lowest BCUT2D eigenvalue weighted by Gasteiger charge is -2.28. The first-order valence-corrected chi connectivity index (χ1v) is 14.6. The number of piperazine rings is 1. The maximum atomic E-state index is 14.9. The lowest BCUT2D eigenvalue weighted by atomic mass is 10.1. The molecule has 12 heteroatoms. The Kier molecular flexibility index (Phi) is 8.50. The van der Waals surface area contributed by atoms with Gasteiger partial charge in [0.2, 0.25) is 0 Å². The van der Waals surface area contributed by atoms with E-state index < -0.39 is 38.2 Å². The first-order valence-electron chi connectivity index (χ1n) is 12.9. The van der Waals surface area contributed by atoms with Crippen LogP contribution in [0.5, 0.6) is 0 Å². The molecule has 2 amide bonds. The molecule has 0 unspecified atom stereocenters. The zero-order valence-electron chi connectivity index (χ0n) is 22.0. The molecule has 1 saturated heterocycles. The summed E-state index contributed by atoms with van der Waals surface area (Å²) in [6.07, 6.45) is 4.81. The number of benzene rings is 2. The largest absolute Gasteiger partial charge is 0.354 e. The Morgan fingerprint density at radius 1 is 0.951 bits per heavy atom. The number of pyridine rings is 2. The Morgan fingerprint density at radius 2 is 1.73 bits per heavy atom. The Labute approximate surface area is 236 Å². The third kappa shape index (κ3) is 7.02. The van der Waals surface area contributed by atoms with Crippen LogP contribution >= 0.6 is 0 Å². The molecule has 3 N–H and O–H groups in total. The number of rotatable bonds is 8. The summed E-state index contributed by atoms with van der Waals surface area (Å²) in [5.74, 6) is -1.90. The third-order valence-corrected chi connectivity index (χ3v) is 8.29. The van der Waals surface area contributed by atoms with Crippen molar-refractivity contribution in [2.24, 2.45) is 0 Å². The number of carbonyl (C=O) groups is 1. The number of amides is 2. The van der Waals surface area contributed by atoms with Gasteiger partial charge in [-0.1, -0.05) is 18.2 Å². The van der Waals surface area contributed by atoms with E-state index in [1.165, 1.54) is 18.3 Å². The zero-order valence-corrected chi connectivity index (χ0v) is 22.8. The SMILES string of the molecule is O=C(NCc1cccnc1)Nc1ccc(CS(=O)(=O)c2cc(-c3ccnc(N4CCNCC4)c3)c(F)cc2F)cc1. The van der Waals surface area contributed by atoms with E-state index in [-0.39, 0.29) is 12.1 Å². The van der Waals surface area contributed by atoms with Gasteiger partial charge in [0.1, 0.15) is 22.3 Å². The first kappa shape index (κ1) is 28.1. The third-order valence-electron chi connectivity index (χ3n) is 6.60. The van der Waals surface area contributed by atoms with Crippen LogP contribution in [0, 0.1) is 11.6 Å². The fourth-order valence-corrected chi connectivity index (χ4v) is 5.92. The summed E-state index contributed by atoms with van der Waals surface area (Å²) in [6.45, 7) is 3.32. The molecule has 2 aromatic heterocycles. The van der Waals surface area contributed by atoms with Gasteiger partial charge in [0.05, 0.1) is 5.75 Å². The van der Waals surface area contributed by atoms with Gasteiger partial charge in [0.25, 0.3) is 0 Å². The second kappa shape index (κ2) is 12.4. The molecule has 1 aliphatic rings. The van der Waals surface area contributed by atoms with E-state index in [9.17, 15) is 22.0 Å². The normalized spacial score (nSPS) is 13.6. The van der Waals surface area contributed by atoms with Crippen LogP contribution in [-0.4, -0.2) is 50.6 Å². The number of aromatic nitrogens is 2. The van der Waals surface area contributed by atoms with E-state index in [1.807, 2.05) is 11.0 Å². The van der Waals surface area contributed by atoms with Crippen molar-refractivity contribution in [1.82, 2.24) is 20.6 Å². The molecule has 4 aromatic rings. The Hall–Kier alpha value is -4.42. The van der Waals surface area contributed by atoms with Crippen LogP contribution < -0.4 is 20.9 Å². The van der Waals surface area contributed by atoms with Crippen LogP contribution in [0.15, 0.2) is 84.1 Å². The van der Waals surface area contributed by atoms with Gasteiger partial charge >= 0.3 is 6.03 Å². The van der Waals surface area contributed by atoms with Gasteiger partial charge < -0.3 is 20.9 Å². The number of hydrogen-bond donors (Lipinski definition) is 3. The first-order chi connectivity index (χ1) is 19.8. The number of anilines is 2. The van der Waals surface area contributed by atoms with E-state index in [0.717, 1.165) is 37.8 Å². The van der Waals surface area contributed by atoms with Crippen LogP contribution in [-0.2, 0) is 22.1 Å². The van der Waals surface area contributed by atoms with Crippen molar-refractivity contribution in [2.75, 3.05) is 36.4 Å². The van der Waals surface area contributed by atoms with Crippen molar-refractivity contribution < 1.29 is 22.0 Å². The van der Waals surface area contributed by atoms with Crippen LogP contribution in [0.3, 0.4) is 0 Å². The van der Waals surface area contributed by atoms with Crippen molar-refractivity contribution in [3.63, 3.8) is 0 Å². The molecule has 0 bridgehead atoms. The van der Waals surface area contributed by atoms with E-state index in [0.29, 0.717) is 28.7 Å². The number of hydrogen-bond acceptors (Lipinski definition) is 7. The second-order valence-corrected chi connectivity index (χ2v) is 11.5. The number of nitrogens with zero attached hydrogens (tertiary/aromatic N) is 3. The fraction of sp³-hybridized carbons (Fsp3) is 0.207. The van der Waals surface area contributed by atoms with Crippen molar-refractivity contribution in [1.29, 1.82) is 0 Å². The molecule has 0 aliphatic carbocycles. The molecule has 0 spiro atoms. The van der Waals surface area contributed by atoms with Crippen LogP contribution in [0.2, 0.25) is 0 Å². The van der Waals surface area contributed by atoms with E-state index >= 15 is 0 Å². The standard InChI is InChI=1S/C29H28F2N6O3S/c30-25-16-26(31)27(15-24(25)22-7-9-34-28(14-22)37-12-10-32-11-13-37)41(39,40)19-20-3-5-23(6-4-20)36-29(38)35-18-21-2-1-8-33-17-21/h1-9,14-17,32H,10-13,18-19H2,(H2,35,36,38). The molecular weight excluding hydrogens is 550 g/mol. The number of halogens is 2. The highest BCUT2D eigenvalue weighted by molar-refractivity contribution is 7.90. The number of urea groups is 1. The average molecular weight is 579 g/mol. The molecule has 212 valence electrons. The average Bonchev–Trinajstić information content (AvgIpc) is 2.98. The van der Waals surface area contributed by atoms with E-state index in [1.54, 1.807) is 42.7 Å². The molecule has 0 saturated carbocycles. The maximum absolute atomic E-state index is 14.9. The highest BCUT2D eigenvalue weighted by Gasteiger charge is 2.24. The monoisotopic (exact) mass is 578 g/mol. The van der Waals surface area contributed by atoms with Gasteiger partial charge in [-0.2, -0.15) is 0 Å². The van der Waals surface area contributed by atoms with Gasteiger partial charge in [0.15, 0.2) is 9.84 Å². The lowest BCUT2D eigenvalue weighted by Crippen LogP contribution is -2.43. The predicted octanol–water partition coefficient (Wildman–Crippen LogP) is 4.13. The molecule has 1 aliphatic heterocycles. The second-order valence-electron chi connectivity index (χ2n) is 9.53. The number of sulfone groups is 1. The minimum Gasteiger partial charge on any atom is -0.354 e. The minimum atomic E-state index is -4.18. The van der Waals surface area contributed by atoms with Crippen molar-refractivity contribution in [3.8, 4) is 11.1 Å². The van der Waals surface area contributed by atoms with Crippen molar-refractivity contribution in [3.05, 3.63) is 102 Å². The summed E-state index contributed by atoms with van der Waals surface area (Å²) in [5, 5.41) is 8.63. The molecular formula is C29H28F2N6O3S. The zero-order chi connectivity index (χ0) is 28.8. The predicted molar refractivity (Wildman–Crippen MR) is 152 cm³/mol. The Morgan fingerprint density at radius 3 is 2.46 bits per heavy atom. The van der Waals surface area contributed by atoms with Gasteiger partial charge in [-0.05, 0) is 53.1 Å². The van der Waals surface area contributed by atoms with Gasteiger partial charge in [-0.15, -0.1) is 0 Å². The molecule has 9 nitrogen and oxygen atoms in total. The molecule has 0 atom stereocenters. The summed E-state index contributed by atoms with van der Waals surface area (Å²) < 4.78 is 56.2. The molecule has 0 radical (unpaired) electrons. The van der Waals surface area contributed by atoms with Gasteiger partial charge in [-0.3, -0.25) is 4.98 Å². The lowest BCUT2D eigenvalue weighted by molar-refractivity contribution is 0.251.